The molecular formula is C28H19IrN3O-2. The molecule has 163 valence electrons. The molecule has 0 aliphatic heterocycles. The number of fused-ring (bicyclic) bond motifs is 3. The Hall–Kier alpha value is -3.66. The Morgan fingerprint density at radius 2 is 1.45 bits per heavy atom. The average Bonchev–Trinajstić information content (AvgIpc) is 3.23. The van der Waals surface area contributed by atoms with Crippen molar-refractivity contribution in [1.29, 1.82) is 0 Å². The van der Waals surface area contributed by atoms with Crippen LogP contribution in [0.25, 0.3) is 44.6 Å². The van der Waals surface area contributed by atoms with Crippen LogP contribution in [0.2, 0.25) is 0 Å². The maximum atomic E-state index is 5.76. The Balaban J connectivity index is 0.000000172. The van der Waals surface area contributed by atoms with E-state index in [0.29, 0.717) is 5.71 Å². The van der Waals surface area contributed by atoms with Crippen LogP contribution in [0.15, 0.2) is 102 Å². The number of hydrogen-bond acceptors (Lipinski definition) is 4. The van der Waals surface area contributed by atoms with Crippen LogP contribution in [0.1, 0.15) is 5.69 Å². The summed E-state index contributed by atoms with van der Waals surface area (Å²) in [6.45, 7) is 1.96. The molecule has 0 amide bonds. The average molecular weight is 606 g/mol. The molecule has 0 aliphatic carbocycles. The summed E-state index contributed by atoms with van der Waals surface area (Å²) in [5, 5.41) is 2.07. The van der Waals surface area contributed by atoms with Crippen LogP contribution in [-0.2, 0) is 20.1 Å². The Bertz CT molecular complexity index is 1430. The van der Waals surface area contributed by atoms with Gasteiger partial charge in [0.05, 0.1) is 5.58 Å². The minimum absolute atomic E-state index is 0. The van der Waals surface area contributed by atoms with Gasteiger partial charge in [0.2, 0.25) is 5.71 Å². The van der Waals surface area contributed by atoms with Crippen LogP contribution in [-0.4, -0.2) is 15.0 Å². The van der Waals surface area contributed by atoms with E-state index in [2.05, 4.69) is 33.2 Å². The van der Waals surface area contributed by atoms with Gasteiger partial charge in [-0.25, -0.2) is 4.98 Å². The number of pyridine rings is 3. The first-order valence-corrected chi connectivity index (χ1v) is 10.3. The van der Waals surface area contributed by atoms with Crippen molar-refractivity contribution in [3.05, 3.63) is 115 Å². The topological polar surface area (TPSA) is 51.8 Å². The van der Waals surface area contributed by atoms with Gasteiger partial charge in [0.15, 0.2) is 0 Å². The third-order valence-electron chi connectivity index (χ3n) is 5.00. The number of hydrogen-bond donors (Lipinski definition) is 0. The molecule has 6 aromatic rings. The fourth-order valence-corrected chi connectivity index (χ4v) is 3.44. The molecular weight excluding hydrogens is 587 g/mol. The van der Waals surface area contributed by atoms with Crippen molar-refractivity contribution in [2.75, 3.05) is 0 Å². The molecule has 0 saturated heterocycles. The first-order chi connectivity index (χ1) is 15.8. The fourth-order valence-electron chi connectivity index (χ4n) is 3.44. The minimum Gasteiger partial charge on any atom is -0.486 e. The van der Waals surface area contributed by atoms with Crippen LogP contribution < -0.4 is 0 Å². The summed E-state index contributed by atoms with van der Waals surface area (Å²) < 4.78 is 5.76. The summed E-state index contributed by atoms with van der Waals surface area (Å²) in [5.74, 6) is 0. The molecule has 0 spiro atoms. The van der Waals surface area contributed by atoms with Crippen LogP contribution in [0.3, 0.4) is 0 Å². The molecule has 0 aliphatic rings. The monoisotopic (exact) mass is 606 g/mol. The molecule has 5 heteroatoms. The minimum atomic E-state index is 0. The van der Waals surface area contributed by atoms with Gasteiger partial charge in [-0.2, -0.15) is 0 Å². The first-order valence-electron chi connectivity index (χ1n) is 10.3. The van der Waals surface area contributed by atoms with E-state index >= 15 is 0 Å². The van der Waals surface area contributed by atoms with Crippen molar-refractivity contribution in [2.45, 2.75) is 6.92 Å². The van der Waals surface area contributed by atoms with Gasteiger partial charge >= 0.3 is 0 Å². The molecule has 0 fully saturated rings. The van der Waals surface area contributed by atoms with Crippen molar-refractivity contribution in [3.63, 3.8) is 0 Å². The molecule has 4 aromatic heterocycles. The summed E-state index contributed by atoms with van der Waals surface area (Å²) in [6, 6.07) is 33.8. The second-order valence-electron chi connectivity index (χ2n) is 7.24. The summed E-state index contributed by atoms with van der Waals surface area (Å²) >= 11 is 0. The predicted octanol–water partition coefficient (Wildman–Crippen LogP) is 6.70. The molecule has 0 unspecified atom stereocenters. The molecule has 1 radical (unpaired) electrons. The first kappa shape index (κ1) is 22.5. The molecule has 0 N–H and O–H groups in total. The maximum absolute atomic E-state index is 5.76. The van der Waals surface area contributed by atoms with Crippen LogP contribution in [0.5, 0.6) is 0 Å². The quantitative estimate of drug-likeness (QED) is 0.206. The number of rotatable bonds is 2. The Kier molecular flexibility index (Phi) is 7.04. The van der Waals surface area contributed by atoms with Crippen molar-refractivity contribution in [1.82, 2.24) is 15.0 Å². The number of aryl methyl sites for hydroxylation is 1. The standard InChI is InChI=1S/C17H11N2O.C11H8N.Ir/c1-11-5-7-13-14-10-12(15-4-2-3-9-18-15)6-8-16(14)20-17(13)19-11;1-2-6-10(7-3-1)11-8-4-5-9-12-11;/h2-5,7-10H,1H3;1-6,8-9H;/q2*-1;. The SMILES string of the molecule is Cc1ccc2c(n1)oc1c[c-]c(-c3ccccn3)cc12.[Ir].[c-]1ccccc1-c1ccccn1. The molecule has 0 bridgehead atoms. The van der Waals surface area contributed by atoms with Crippen LogP contribution >= 0.6 is 0 Å². The van der Waals surface area contributed by atoms with E-state index in [9.17, 15) is 0 Å². The largest absolute Gasteiger partial charge is 0.486 e. The zero-order valence-electron chi connectivity index (χ0n) is 17.8. The predicted molar refractivity (Wildman–Crippen MR) is 127 cm³/mol. The fraction of sp³-hybridized carbons (Fsp3) is 0.0357. The van der Waals surface area contributed by atoms with E-state index in [1.165, 1.54) is 0 Å². The summed E-state index contributed by atoms with van der Waals surface area (Å²) in [6.07, 6.45) is 3.57. The van der Waals surface area contributed by atoms with E-state index in [0.717, 1.165) is 44.6 Å². The van der Waals surface area contributed by atoms with Crippen LogP contribution in [0.4, 0.5) is 0 Å². The smallest absolute Gasteiger partial charge is 0.216 e. The molecule has 4 heterocycles. The van der Waals surface area contributed by atoms with Gasteiger partial charge in [0.1, 0.15) is 0 Å². The third-order valence-corrected chi connectivity index (χ3v) is 5.00. The maximum Gasteiger partial charge on any atom is 0.216 e. The number of furan rings is 1. The zero-order chi connectivity index (χ0) is 21.8. The van der Waals surface area contributed by atoms with Gasteiger partial charge in [-0.05, 0) is 42.6 Å². The molecule has 4 nitrogen and oxygen atoms in total. The van der Waals surface area contributed by atoms with Crippen LogP contribution in [0, 0.1) is 19.1 Å². The van der Waals surface area contributed by atoms with E-state index in [-0.39, 0.29) is 20.1 Å². The summed E-state index contributed by atoms with van der Waals surface area (Å²) in [4.78, 5) is 13.0. The summed E-state index contributed by atoms with van der Waals surface area (Å²) in [5.41, 5.74) is 6.30. The Morgan fingerprint density at radius 1 is 0.727 bits per heavy atom. The van der Waals surface area contributed by atoms with E-state index < -0.39 is 0 Å². The molecule has 33 heavy (non-hydrogen) atoms. The van der Waals surface area contributed by atoms with Crippen molar-refractivity contribution >= 4 is 22.1 Å². The normalized spacial score (nSPS) is 10.3. The second-order valence-corrected chi connectivity index (χ2v) is 7.24. The van der Waals surface area contributed by atoms with E-state index in [1.807, 2.05) is 85.8 Å². The van der Waals surface area contributed by atoms with Gasteiger partial charge in [-0.15, -0.1) is 59.7 Å². The van der Waals surface area contributed by atoms with Crippen molar-refractivity contribution in [2.24, 2.45) is 0 Å². The number of aromatic nitrogens is 3. The molecule has 0 atom stereocenters. The Morgan fingerprint density at radius 3 is 2.12 bits per heavy atom. The van der Waals surface area contributed by atoms with Gasteiger partial charge in [-0.3, -0.25) is 0 Å². The van der Waals surface area contributed by atoms with Gasteiger partial charge in [0, 0.05) is 43.6 Å². The summed E-state index contributed by atoms with van der Waals surface area (Å²) in [7, 11) is 0. The van der Waals surface area contributed by atoms with Crippen molar-refractivity contribution in [3.8, 4) is 22.5 Å². The Labute approximate surface area is 205 Å². The molecule has 6 rings (SSSR count). The third kappa shape index (κ3) is 5.06. The van der Waals surface area contributed by atoms with E-state index in [1.54, 1.807) is 12.4 Å². The molecule has 2 aromatic carbocycles. The van der Waals surface area contributed by atoms with Crippen molar-refractivity contribution < 1.29 is 24.5 Å². The van der Waals surface area contributed by atoms with Gasteiger partial charge in [0.25, 0.3) is 0 Å². The van der Waals surface area contributed by atoms with Gasteiger partial charge < -0.3 is 14.4 Å². The second kappa shape index (κ2) is 10.3. The zero-order valence-corrected chi connectivity index (χ0v) is 20.2. The molecule has 0 saturated carbocycles. The van der Waals surface area contributed by atoms with E-state index in [4.69, 9.17) is 4.42 Å². The number of nitrogens with zero attached hydrogens (tertiary/aromatic N) is 3. The number of benzene rings is 2. The van der Waals surface area contributed by atoms with Gasteiger partial charge in [-0.1, -0.05) is 29.7 Å².